The predicted molar refractivity (Wildman–Crippen MR) is 331 cm³/mol. The number of benzene rings is 6. The molecule has 0 radical (unpaired) electrons. The summed E-state index contributed by atoms with van der Waals surface area (Å²) < 4.78 is 4.84. The number of likely N-dealkylation sites (tertiary alicyclic amines) is 4. The number of halogens is 6. The van der Waals surface area contributed by atoms with E-state index in [0.717, 1.165) is 90.2 Å². The van der Waals surface area contributed by atoms with E-state index in [2.05, 4.69) is 76.1 Å². The number of nitrogens with zero attached hydrogens (tertiary/aromatic N) is 6. The molecule has 0 saturated carbocycles. The topological polar surface area (TPSA) is 171 Å². The van der Waals surface area contributed by atoms with Gasteiger partial charge in [-0.1, -0.05) is 113 Å². The van der Waals surface area contributed by atoms with E-state index in [4.69, 9.17) is 74.3 Å². The molecule has 4 N–H and O–H groups in total. The van der Waals surface area contributed by atoms with Gasteiger partial charge in [0.1, 0.15) is 0 Å². The first kappa shape index (κ1) is 64.9. The molecule has 6 heterocycles. The summed E-state index contributed by atoms with van der Waals surface area (Å²) in [5.41, 5.74) is 9.53. The zero-order valence-corrected chi connectivity index (χ0v) is 51.2. The maximum absolute atomic E-state index is 13.5. The van der Waals surface area contributed by atoms with Gasteiger partial charge in [-0.25, -0.2) is 19.2 Å². The monoisotopic (exact) mass is 1250 g/mol. The van der Waals surface area contributed by atoms with Crippen LogP contribution in [-0.4, -0.2) is 124 Å². The summed E-state index contributed by atoms with van der Waals surface area (Å²) in [5.74, 6) is -1.72. The molecule has 0 aliphatic carbocycles. The maximum Gasteiger partial charge on any atom is 1.00 e. The number of carbonyl (C=O) groups is 4. The summed E-state index contributed by atoms with van der Waals surface area (Å²) in [4.78, 5) is 63.8. The number of rotatable bonds is 12. The van der Waals surface area contributed by atoms with Crippen LogP contribution in [0.5, 0.6) is 0 Å². The Bertz CT molecular complexity index is 3490. The first-order valence-corrected chi connectivity index (χ1v) is 29.3. The Morgan fingerprint density at radius 3 is 1.27 bits per heavy atom. The quantitative estimate of drug-likeness (QED) is 0.0787. The minimum absolute atomic E-state index is 0. The van der Waals surface area contributed by atoms with Crippen LogP contribution < -0.4 is 39.3 Å². The maximum atomic E-state index is 13.5. The van der Waals surface area contributed by atoms with Crippen LogP contribution in [0.3, 0.4) is 0 Å². The van der Waals surface area contributed by atoms with Crippen molar-refractivity contribution in [3.05, 3.63) is 161 Å². The molecule has 6 aromatic rings. The van der Waals surface area contributed by atoms with Gasteiger partial charge in [0.05, 0.1) is 61.1 Å². The van der Waals surface area contributed by atoms with Crippen LogP contribution in [0, 0.1) is 0 Å². The van der Waals surface area contributed by atoms with Crippen molar-refractivity contribution in [2.24, 2.45) is 0 Å². The third-order valence-electron chi connectivity index (χ3n) is 16.7. The SMILES string of the molecule is C.CC(C)N1CC2CC1CN2Cc1cc(-c2ccccc2Cl)c2c(c1)N(c1c(Cl)cc(C(=O)O)cc1Cl)C(=O)NC2.COC(=O)c1cc(Cl)c(N2C(=O)NCc3c(-c4ccccc4Cl)cc(CN4CC5CC4CN5C(C)C)cc32)c(Cl)c1.[Li+].[OH-]. The number of urea groups is 2. The number of ether oxygens (including phenoxy) is 1. The summed E-state index contributed by atoms with van der Waals surface area (Å²) in [6.45, 7) is 15.3. The van der Waals surface area contributed by atoms with E-state index in [0.29, 0.717) is 76.4 Å². The number of esters is 1. The number of fused-ring (bicyclic) bond motifs is 6. The van der Waals surface area contributed by atoms with Crippen molar-refractivity contribution in [3.63, 3.8) is 0 Å². The molecule has 438 valence electrons. The molecule has 0 aromatic heterocycles. The predicted octanol–water partition coefficient (Wildman–Crippen LogP) is 11.6. The largest absolute Gasteiger partial charge is 1.00 e. The average Bonchev–Trinajstić information content (AvgIpc) is 1.46. The molecule has 84 heavy (non-hydrogen) atoms. The minimum Gasteiger partial charge on any atom is -0.870 e. The van der Waals surface area contributed by atoms with Crippen molar-refractivity contribution >= 4 is 116 Å². The summed E-state index contributed by atoms with van der Waals surface area (Å²) in [6, 6.07) is 31.8. The van der Waals surface area contributed by atoms with Crippen LogP contribution in [0.1, 0.15) is 90.9 Å². The Labute approximate surface area is 532 Å². The normalized spacial score (nSPS) is 19.9. The van der Waals surface area contributed by atoms with Gasteiger partial charge in [-0.2, -0.15) is 0 Å². The Balaban J connectivity index is 0.000000212. The number of hydrogen-bond donors (Lipinski definition) is 3. The second kappa shape index (κ2) is 26.5. The molecule has 4 fully saturated rings. The Morgan fingerprint density at radius 1 is 0.560 bits per heavy atom. The second-order valence-electron chi connectivity index (χ2n) is 22.1. The molecule has 4 unspecified atom stereocenters. The molecule has 6 aliphatic rings. The summed E-state index contributed by atoms with van der Waals surface area (Å²) >= 11 is 39.9. The van der Waals surface area contributed by atoms with Gasteiger partial charge in [0.2, 0.25) is 0 Å². The van der Waals surface area contributed by atoms with E-state index in [9.17, 15) is 24.3 Å². The van der Waals surface area contributed by atoms with Gasteiger partial charge in [0.25, 0.3) is 0 Å². The zero-order valence-electron chi connectivity index (χ0n) is 46.7. The van der Waals surface area contributed by atoms with Gasteiger partial charge in [-0.3, -0.25) is 29.4 Å². The zero-order chi connectivity index (χ0) is 57.3. The van der Waals surface area contributed by atoms with Crippen molar-refractivity contribution in [1.82, 2.24) is 30.2 Å². The van der Waals surface area contributed by atoms with Crippen LogP contribution >= 0.6 is 69.6 Å². The standard InChI is InChI=1S/C31H31Cl3N4O3.C30H29Cl3N4O3.CH4.Li.H2O/c1-17(2)37-16-20-12-21(37)15-36(20)14-18-8-23(22-6-4-5-7-25(22)32)24-13-35-31(40)38(28(24)9-18)29-26(33)10-19(11-27(29)34)30(39)41-3;1-16(2)36-15-19-11-20(36)14-35(19)13-17-7-22(21-5-3-4-6-24(21)31)23-12-34-30(40)37(27(23)8-17)28-25(32)9-18(29(38)39)10-26(28)33;;;/h4-11,17,20-21H,12-16H2,1-3H3,(H,35,40);3-10,16,19-20H,11-15H2,1-2H3,(H,34,40)(H,38,39);1H4;;1H2/q;;;+1;/p-1. The molecule has 4 amide bonds. The van der Waals surface area contributed by atoms with Gasteiger partial charge in [0, 0.05) is 121 Å². The molecule has 6 aromatic carbocycles. The van der Waals surface area contributed by atoms with Crippen molar-refractivity contribution in [2.75, 3.05) is 43.1 Å². The third-order valence-corrected chi connectivity index (χ3v) is 18.5. The number of amides is 4. The molecule has 15 nitrogen and oxygen atoms in total. The molecule has 4 atom stereocenters. The average molecular weight is 1250 g/mol. The number of carboxylic acid groups (broad SMARTS) is 1. The number of anilines is 4. The van der Waals surface area contributed by atoms with Gasteiger partial charge >= 0.3 is 42.9 Å². The van der Waals surface area contributed by atoms with Crippen molar-refractivity contribution in [2.45, 2.75) is 110 Å². The Morgan fingerprint density at radius 2 is 0.940 bits per heavy atom. The van der Waals surface area contributed by atoms with Gasteiger partial charge < -0.3 is 26.0 Å². The van der Waals surface area contributed by atoms with E-state index in [-0.39, 0.29) is 74.7 Å². The fourth-order valence-corrected chi connectivity index (χ4v) is 14.8. The smallest absolute Gasteiger partial charge is 0.870 e. The van der Waals surface area contributed by atoms with Gasteiger partial charge in [-0.15, -0.1) is 0 Å². The van der Waals surface area contributed by atoms with Crippen molar-refractivity contribution < 1.29 is 53.4 Å². The number of hydrogen-bond acceptors (Lipinski definition) is 10. The second-order valence-corrected chi connectivity index (χ2v) is 24.6. The van der Waals surface area contributed by atoms with Crippen LogP contribution in [0.15, 0.2) is 97.1 Å². The Hall–Kier alpha value is -5.06. The van der Waals surface area contributed by atoms with E-state index >= 15 is 0 Å². The Kier molecular flexibility index (Phi) is 20.5. The molecule has 0 spiro atoms. The van der Waals surface area contributed by atoms with E-state index in [1.807, 2.05) is 54.6 Å². The molecule has 22 heteroatoms. The molecule has 6 aliphatic heterocycles. The van der Waals surface area contributed by atoms with Crippen LogP contribution in [0.2, 0.25) is 30.1 Å². The molecule has 12 rings (SSSR count). The van der Waals surface area contributed by atoms with Crippen LogP contribution in [0.25, 0.3) is 22.3 Å². The fraction of sp³-hybridized carbons (Fsp3) is 0.355. The molecular weight excluding hydrogens is 1190 g/mol. The molecular formula is C62H65Cl6LiN8O7. The van der Waals surface area contributed by atoms with Crippen LogP contribution in [-0.2, 0) is 30.9 Å². The van der Waals surface area contributed by atoms with E-state index in [1.54, 1.807) is 0 Å². The third kappa shape index (κ3) is 12.4. The number of carbonyl (C=O) groups excluding carboxylic acids is 3. The number of carboxylic acids is 1. The van der Waals surface area contributed by atoms with Crippen molar-refractivity contribution in [1.29, 1.82) is 0 Å². The molecule has 4 bridgehead atoms. The number of methoxy groups -OCH3 is 1. The van der Waals surface area contributed by atoms with Gasteiger partial charge in [-0.05, 0) is 123 Å². The number of piperazine rings is 2. The van der Waals surface area contributed by atoms with E-state index in [1.165, 1.54) is 47.6 Å². The number of nitrogens with one attached hydrogen (secondary N) is 2. The van der Waals surface area contributed by atoms with Crippen LogP contribution in [0.4, 0.5) is 32.3 Å². The first-order valence-electron chi connectivity index (χ1n) is 27.0. The summed E-state index contributed by atoms with van der Waals surface area (Å²) in [5, 5.41) is 17.1. The number of aromatic carboxylic acids is 1. The first-order chi connectivity index (χ1) is 38.8. The van der Waals surface area contributed by atoms with Crippen molar-refractivity contribution in [3.8, 4) is 22.3 Å². The van der Waals surface area contributed by atoms with E-state index < -0.39 is 18.0 Å². The minimum atomic E-state index is -1.15. The summed E-state index contributed by atoms with van der Waals surface area (Å²) in [6.07, 6.45) is 2.34. The van der Waals surface area contributed by atoms with Gasteiger partial charge in [0.15, 0.2) is 0 Å². The summed E-state index contributed by atoms with van der Waals surface area (Å²) in [7, 11) is 1.29. The fourth-order valence-electron chi connectivity index (χ4n) is 13.0. The molecule has 4 saturated heterocycles.